The summed E-state index contributed by atoms with van der Waals surface area (Å²) in [6.45, 7) is 6.70. The third-order valence-electron chi connectivity index (χ3n) is 4.47. The third kappa shape index (κ3) is 3.55. The number of carbonyl (C=O) groups is 3. The lowest BCUT2D eigenvalue weighted by Crippen LogP contribution is -2.27. The number of benzene rings is 2. The normalized spacial score (nSPS) is 12.8. The van der Waals surface area contributed by atoms with E-state index in [0.29, 0.717) is 11.3 Å². The number of rotatable bonds is 3. The van der Waals surface area contributed by atoms with Crippen molar-refractivity contribution in [1.29, 1.82) is 0 Å². The highest BCUT2D eigenvalue weighted by Crippen LogP contribution is 2.42. The van der Waals surface area contributed by atoms with Crippen molar-refractivity contribution in [3.8, 4) is 17.2 Å². The van der Waals surface area contributed by atoms with Gasteiger partial charge in [-0.15, -0.1) is 0 Å². The first kappa shape index (κ1) is 20.4. The van der Waals surface area contributed by atoms with Crippen molar-refractivity contribution in [3.63, 3.8) is 0 Å². The average Bonchev–Trinajstić information content (AvgIpc) is 2.65. The molecule has 0 fully saturated rings. The second-order valence-corrected chi connectivity index (χ2v) is 7.56. The predicted octanol–water partition coefficient (Wildman–Crippen LogP) is 4.10. The van der Waals surface area contributed by atoms with Crippen LogP contribution in [0, 0.1) is 6.92 Å². The van der Waals surface area contributed by atoms with Crippen LogP contribution in [0.3, 0.4) is 0 Å². The van der Waals surface area contributed by atoms with E-state index in [0.717, 1.165) is 0 Å². The van der Waals surface area contributed by atoms with E-state index in [2.05, 4.69) is 0 Å². The number of methoxy groups -OCH3 is 2. The number of fused-ring (bicyclic) bond motifs is 2. The van der Waals surface area contributed by atoms with Crippen molar-refractivity contribution < 1.29 is 33.3 Å². The lowest BCUT2D eigenvalue weighted by Gasteiger charge is -2.24. The Hall–Kier alpha value is -3.35. The molecule has 0 aliphatic heterocycles. The van der Waals surface area contributed by atoms with Crippen molar-refractivity contribution in [2.24, 2.45) is 0 Å². The molecule has 0 N–H and O–H groups in total. The van der Waals surface area contributed by atoms with Gasteiger partial charge in [-0.1, -0.05) is 12.1 Å². The van der Waals surface area contributed by atoms with Crippen LogP contribution < -0.4 is 14.2 Å². The molecule has 2 aromatic rings. The summed E-state index contributed by atoms with van der Waals surface area (Å²) in [7, 11) is 2.82. The van der Waals surface area contributed by atoms with Gasteiger partial charge in [0.2, 0.25) is 0 Å². The molecule has 0 saturated heterocycles. The Morgan fingerprint density at radius 1 is 0.897 bits per heavy atom. The van der Waals surface area contributed by atoms with Crippen LogP contribution in [-0.4, -0.2) is 37.5 Å². The summed E-state index contributed by atoms with van der Waals surface area (Å²) in [5.41, 5.74) is 0.311. The van der Waals surface area contributed by atoms with Crippen LogP contribution in [0.2, 0.25) is 0 Å². The van der Waals surface area contributed by atoms with Crippen LogP contribution >= 0.6 is 0 Å². The molecule has 1 aliphatic rings. The summed E-state index contributed by atoms with van der Waals surface area (Å²) in [5, 5.41) is 0. The summed E-state index contributed by atoms with van der Waals surface area (Å²) in [6.07, 6.45) is -0.939. The SMILES string of the molecule is COc1cc2c(c(C)c1OC(=O)OC(C)(C)C)C(=O)c1c(OC)cccc1C2=O. The second-order valence-electron chi connectivity index (χ2n) is 7.56. The summed E-state index contributed by atoms with van der Waals surface area (Å²) in [5.74, 6) is -0.240. The third-order valence-corrected chi connectivity index (χ3v) is 4.47. The molecule has 3 rings (SSSR count). The van der Waals surface area contributed by atoms with Crippen LogP contribution in [0.1, 0.15) is 58.2 Å². The zero-order valence-corrected chi connectivity index (χ0v) is 17.2. The molecule has 0 amide bonds. The minimum absolute atomic E-state index is 0.0278. The molecule has 0 radical (unpaired) electrons. The molecule has 29 heavy (non-hydrogen) atoms. The fraction of sp³-hybridized carbons (Fsp3) is 0.318. The van der Waals surface area contributed by atoms with Gasteiger partial charge in [0.05, 0.1) is 19.8 Å². The summed E-state index contributed by atoms with van der Waals surface area (Å²) in [4.78, 5) is 38.5. The summed E-state index contributed by atoms with van der Waals surface area (Å²) < 4.78 is 21.1. The maximum absolute atomic E-state index is 13.3. The zero-order valence-electron chi connectivity index (χ0n) is 17.2. The monoisotopic (exact) mass is 398 g/mol. The minimum Gasteiger partial charge on any atom is -0.496 e. The highest BCUT2D eigenvalue weighted by molar-refractivity contribution is 6.30. The quantitative estimate of drug-likeness (QED) is 0.485. The van der Waals surface area contributed by atoms with Gasteiger partial charge in [-0.3, -0.25) is 9.59 Å². The molecule has 0 spiro atoms. The van der Waals surface area contributed by atoms with Crippen molar-refractivity contribution >= 4 is 17.7 Å². The van der Waals surface area contributed by atoms with Crippen LogP contribution in [-0.2, 0) is 4.74 Å². The molecule has 7 heteroatoms. The van der Waals surface area contributed by atoms with E-state index in [-0.39, 0.29) is 45.3 Å². The maximum Gasteiger partial charge on any atom is 0.514 e. The first-order chi connectivity index (χ1) is 13.6. The number of hydrogen-bond acceptors (Lipinski definition) is 7. The molecule has 0 atom stereocenters. The van der Waals surface area contributed by atoms with Gasteiger partial charge in [-0.2, -0.15) is 0 Å². The lowest BCUT2D eigenvalue weighted by atomic mass is 9.81. The highest BCUT2D eigenvalue weighted by Gasteiger charge is 2.36. The first-order valence-corrected chi connectivity index (χ1v) is 8.97. The number of hydrogen-bond donors (Lipinski definition) is 0. The molecular weight excluding hydrogens is 376 g/mol. The second kappa shape index (κ2) is 7.24. The van der Waals surface area contributed by atoms with E-state index in [1.165, 1.54) is 20.3 Å². The summed E-state index contributed by atoms with van der Waals surface area (Å²) >= 11 is 0. The molecule has 2 aromatic carbocycles. The fourth-order valence-corrected chi connectivity index (χ4v) is 3.27. The fourth-order valence-electron chi connectivity index (χ4n) is 3.27. The van der Waals surface area contributed by atoms with Crippen LogP contribution in [0.4, 0.5) is 4.79 Å². The smallest absolute Gasteiger partial charge is 0.496 e. The molecular formula is C22H22O7. The number of ketones is 2. The van der Waals surface area contributed by atoms with Crippen molar-refractivity contribution in [3.05, 3.63) is 52.1 Å². The molecule has 152 valence electrons. The van der Waals surface area contributed by atoms with E-state index in [1.54, 1.807) is 45.9 Å². The summed E-state index contributed by atoms with van der Waals surface area (Å²) in [6, 6.07) is 6.25. The number of carbonyl (C=O) groups excluding carboxylic acids is 3. The van der Waals surface area contributed by atoms with Crippen molar-refractivity contribution in [2.45, 2.75) is 33.3 Å². The van der Waals surface area contributed by atoms with Gasteiger partial charge in [0, 0.05) is 22.3 Å². The largest absolute Gasteiger partial charge is 0.514 e. The van der Waals surface area contributed by atoms with Gasteiger partial charge in [-0.25, -0.2) is 4.79 Å². The van der Waals surface area contributed by atoms with Crippen LogP contribution in [0.5, 0.6) is 17.2 Å². The van der Waals surface area contributed by atoms with Gasteiger partial charge in [-0.05, 0) is 39.8 Å². The Labute approximate surface area is 168 Å². The van der Waals surface area contributed by atoms with Gasteiger partial charge < -0.3 is 18.9 Å². The molecule has 0 aromatic heterocycles. The van der Waals surface area contributed by atoms with E-state index in [4.69, 9.17) is 18.9 Å². The van der Waals surface area contributed by atoms with E-state index >= 15 is 0 Å². The van der Waals surface area contributed by atoms with Gasteiger partial charge in [0.25, 0.3) is 0 Å². The predicted molar refractivity (Wildman–Crippen MR) is 104 cm³/mol. The van der Waals surface area contributed by atoms with Gasteiger partial charge >= 0.3 is 6.16 Å². The Morgan fingerprint density at radius 2 is 1.55 bits per heavy atom. The van der Waals surface area contributed by atoms with Gasteiger partial charge in [0.15, 0.2) is 23.1 Å². The van der Waals surface area contributed by atoms with E-state index in [1.807, 2.05) is 0 Å². The van der Waals surface area contributed by atoms with Crippen molar-refractivity contribution in [2.75, 3.05) is 14.2 Å². The van der Waals surface area contributed by atoms with Gasteiger partial charge in [0.1, 0.15) is 11.4 Å². The Morgan fingerprint density at radius 3 is 2.14 bits per heavy atom. The molecule has 0 saturated carbocycles. The van der Waals surface area contributed by atoms with E-state index in [9.17, 15) is 14.4 Å². The molecule has 0 unspecified atom stereocenters. The Balaban J connectivity index is 2.17. The first-order valence-electron chi connectivity index (χ1n) is 8.97. The zero-order chi connectivity index (χ0) is 21.5. The highest BCUT2D eigenvalue weighted by atomic mass is 16.7. The Kier molecular flexibility index (Phi) is 5.09. The lowest BCUT2D eigenvalue weighted by molar-refractivity contribution is 0.0199. The van der Waals surface area contributed by atoms with Crippen LogP contribution in [0.15, 0.2) is 24.3 Å². The minimum atomic E-state index is -0.939. The topological polar surface area (TPSA) is 88.1 Å². The van der Waals surface area contributed by atoms with Crippen molar-refractivity contribution in [1.82, 2.24) is 0 Å². The van der Waals surface area contributed by atoms with E-state index < -0.39 is 11.8 Å². The number of ether oxygens (including phenoxy) is 4. The molecule has 1 aliphatic carbocycles. The standard InChI is InChI=1S/C22H22O7/c1-11-16-13(10-15(27-6)20(11)28-21(25)29-22(2,3)4)18(23)12-8-7-9-14(26-5)17(12)19(16)24/h7-10H,1-6H3. The Bertz CT molecular complexity index is 1030. The average molecular weight is 398 g/mol. The molecule has 0 bridgehead atoms. The maximum atomic E-state index is 13.3. The molecule has 0 heterocycles. The molecule has 7 nitrogen and oxygen atoms in total. The van der Waals surface area contributed by atoms with Crippen LogP contribution in [0.25, 0.3) is 0 Å².